The molecule has 1 saturated heterocycles. The van der Waals surface area contributed by atoms with Gasteiger partial charge in [-0.25, -0.2) is 9.97 Å². The van der Waals surface area contributed by atoms with E-state index in [0.717, 1.165) is 38.5 Å². The third-order valence-corrected chi connectivity index (χ3v) is 4.76. The van der Waals surface area contributed by atoms with Crippen molar-refractivity contribution in [3.8, 4) is 0 Å². The van der Waals surface area contributed by atoms with Crippen molar-refractivity contribution in [3.05, 3.63) is 78.4 Å². The van der Waals surface area contributed by atoms with Crippen LogP contribution in [0.25, 0.3) is 0 Å². The molecule has 1 aliphatic heterocycles. The van der Waals surface area contributed by atoms with Gasteiger partial charge in [0, 0.05) is 51.2 Å². The zero-order valence-electron chi connectivity index (χ0n) is 15.5. The summed E-state index contributed by atoms with van der Waals surface area (Å²) in [5, 5.41) is 2.81. The highest BCUT2D eigenvalue weighted by atomic mass is 16.1. The zero-order chi connectivity index (χ0) is 19.2. The van der Waals surface area contributed by atoms with E-state index in [1.807, 2.05) is 12.1 Å². The van der Waals surface area contributed by atoms with Crippen molar-refractivity contribution < 1.29 is 4.79 Å². The second kappa shape index (κ2) is 8.58. The number of benzene rings is 1. The minimum absolute atomic E-state index is 0.231. The molecule has 2 aromatic heterocycles. The molecule has 0 aliphatic carbocycles. The molecular formula is C21H22N6O. The van der Waals surface area contributed by atoms with Gasteiger partial charge in [-0.05, 0) is 17.7 Å². The lowest BCUT2D eigenvalue weighted by Crippen LogP contribution is -2.46. The van der Waals surface area contributed by atoms with E-state index in [1.165, 1.54) is 18.1 Å². The Morgan fingerprint density at radius 2 is 1.82 bits per heavy atom. The molecule has 28 heavy (non-hydrogen) atoms. The van der Waals surface area contributed by atoms with Crippen LogP contribution in [0.3, 0.4) is 0 Å². The summed E-state index contributed by atoms with van der Waals surface area (Å²) >= 11 is 0. The van der Waals surface area contributed by atoms with E-state index in [-0.39, 0.29) is 5.91 Å². The highest BCUT2D eigenvalue weighted by Gasteiger charge is 2.19. The molecule has 1 amide bonds. The minimum atomic E-state index is -0.231. The first kappa shape index (κ1) is 18.1. The fourth-order valence-electron chi connectivity index (χ4n) is 3.25. The molecule has 7 heteroatoms. The lowest BCUT2D eigenvalue weighted by Gasteiger charge is -2.35. The first-order valence-electron chi connectivity index (χ1n) is 9.32. The molecule has 7 nitrogen and oxygen atoms in total. The van der Waals surface area contributed by atoms with Gasteiger partial charge < -0.3 is 10.2 Å². The summed E-state index contributed by atoms with van der Waals surface area (Å²) in [6.07, 6.45) is 4.66. The normalized spacial score (nSPS) is 14.6. The van der Waals surface area contributed by atoms with Gasteiger partial charge in [0.25, 0.3) is 5.91 Å². The number of amides is 1. The predicted molar refractivity (Wildman–Crippen MR) is 108 cm³/mol. The Bertz CT molecular complexity index is 910. The van der Waals surface area contributed by atoms with Crippen LogP contribution in [0.4, 0.5) is 11.6 Å². The fourth-order valence-corrected chi connectivity index (χ4v) is 3.25. The highest BCUT2D eigenvalue weighted by Crippen LogP contribution is 2.17. The number of aromatic nitrogens is 3. The van der Waals surface area contributed by atoms with E-state index >= 15 is 0 Å². The Morgan fingerprint density at radius 3 is 2.57 bits per heavy atom. The zero-order valence-corrected chi connectivity index (χ0v) is 15.5. The Hall–Kier alpha value is -3.32. The third kappa shape index (κ3) is 4.50. The average molecular weight is 374 g/mol. The maximum atomic E-state index is 12.3. The number of nitrogens with zero attached hydrogens (tertiary/aromatic N) is 5. The number of carbonyl (C=O) groups excluding carboxylic acids is 1. The molecule has 0 saturated carbocycles. The van der Waals surface area contributed by atoms with Crippen molar-refractivity contribution in [2.24, 2.45) is 0 Å². The van der Waals surface area contributed by atoms with Crippen LogP contribution in [-0.2, 0) is 6.54 Å². The Kier molecular flexibility index (Phi) is 5.53. The number of nitrogens with one attached hydrogen (secondary N) is 1. The molecular weight excluding hydrogens is 352 g/mol. The van der Waals surface area contributed by atoms with Gasteiger partial charge in [-0.1, -0.05) is 30.3 Å². The summed E-state index contributed by atoms with van der Waals surface area (Å²) < 4.78 is 0. The van der Waals surface area contributed by atoms with Gasteiger partial charge in [0.05, 0.1) is 5.56 Å². The maximum Gasteiger partial charge on any atom is 0.258 e. The molecule has 3 aromatic rings. The molecule has 0 bridgehead atoms. The summed E-state index contributed by atoms with van der Waals surface area (Å²) in [4.78, 5) is 29.5. The van der Waals surface area contributed by atoms with Crippen molar-refractivity contribution in [1.82, 2.24) is 19.9 Å². The van der Waals surface area contributed by atoms with Gasteiger partial charge in [-0.2, -0.15) is 0 Å². The van der Waals surface area contributed by atoms with E-state index in [0.29, 0.717) is 11.4 Å². The molecule has 1 aromatic carbocycles. The van der Waals surface area contributed by atoms with Crippen LogP contribution in [0.15, 0.2) is 67.3 Å². The van der Waals surface area contributed by atoms with E-state index in [1.54, 1.807) is 18.3 Å². The van der Waals surface area contributed by atoms with Crippen molar-refractivity contribution in [1.29, 1.82) is 0 Å². The molecule has 0 spiro atoms. The molecule has 3 heterocycles. The minimum Gasteiger partial charge on any atom is -0.354 e. The number of carbonyl (C=O) groups is 1. The van der Waals surface area contributed by atoms with Crippen molar-refractivity contribution >= 4 is 17.5 Å². The number of hydrogen-bond donors (Lipinski definition) is 1. The van der Waals surface area contributed by atoms with Crippen LogP contribution < -0.4 is 10.2 Å². The summed E-state index contributed by atoms with van der Waals surface area (Å²) in [5.41, 5.74) is 1.83. The summed E-state index contributed by atoms with van der Waals surface area (Å²) in [6.45, 7) is 4.68. The molecule has 4 rings (SSSR count). The molecule has 142 valence electrons. The maximum absolute atomic E-state index is 12.3. The van der Waals surface area contributed by atoms with Gasteiger partial charge in [-0.3, -0.25) is 14.7 Å². The van der Waals surface area contributed by atoms with Gasteiger partial charge >= 0.3 is 0 Å². The predicted octanol–water partition coefficient (Wildman–Crippen LogP) is 2.45. The monoisotopic (exact) mass is 374 g/mol. The van der Waals surface area contributed by atoms with Crippen molar-refractivity contribution in [3.63, 3.8) is 0 Å². The molecule has 1 aliphatic rings. The van der Waals surface area contributed by atoms with Crippen LogP contribution in [0.1, 0.15) is 15.9 Å². The quantitative estimate of drug-likeness (QED) is 0.739. The highest BCUT2D eigenvalue weighted by molar-refractivity contribution is 6.03. The van der Waals surface area contributed by atoms with E-state index in [4.69, 9.17) is 0 Å². The molecule has 1 N–H and O–H groups in total. The van der Waals surface area contributed by atoms with Crippen LogP contribution in [0.2, 0.25) is 0 Å². The lowest BCUT2D eigenvalue weighted by atomic mass is 10.2. The molecule has 0 radical (unpaired) electrons. The van der Waals surface area contributed by atoms with Gasteiger partial charge in [-0.15, -0.1) is 0 Å². The largest absolute Gasteiger partial charge is 0.354 e. The number of anilines is 2. The van der Waals surface area contributed by atoms with Crippen molar-refractivity contribution in [2.75, 3.05) is 36.4 Å². The SMILES string of the molecule is O=C(Nc1cc(N2CCN(Cc3ccccc3)CC2)ncn1)c1cccnc1. The Balaban J connectivity index is 1.35. The second-order valence-corrected chi connectivity index (χ2v) is 6.71. The van der Waals surface area contributed by atoms with Crippen LogP contribution in [0, 0.1) is 0 Å². The topological polar surface area (TPSA) is 74.2 Å². The summed E-state index contributed by atoms with van der Waals surface area (Å²) in [7, 11) is 0. The number of pyridine rings is 1. The average Bonchev–Trinajstić information content (AvgIpc) is 2.76. The van der Waals surface area contributed by atoms with Gasteiger partial charge in [0.2, 0.25) is 0 Å². The Labute approximate surface area is 164 Å². The number of rotatable bonds is 5. The van der Waals surface area contributed by atoms with E-state index in [9.17, 15) is 4.79 Å². The summed E-state index contributed by atoms with van der Waals surface area (Å²) in [6, 6.07) is 15.8. The fraction of sp³-hybridized carbons (Fsp3) is 0.238. The standard InChI is InChI=1S/C21H22N6O/c28-21(18-7-4-8-22-14-18)25-19-13-20(24-16-23-19)27-11-9-26(10-12-27)15-17-5-2-1-3-6-17/h1-8,13-14,16H,9-12,15H2,(H,23,24,25,28). The summed E-state index contributed by atoms with van der Waals surface area (Å²) in [5.74, 6) is 1.09. The smallest absolute Gasteiger partial charge is 0.258 e. The third-order valence-electron chi connectivity index (χ3n) is 4.76. The molecule has 0 atom stereocenters. The number of hydrogen-bond acceptors (Lipinski definition) is 6. The Morgan fingerprint density at radius 1 is 1.00 bits per heavy atom. The molecule has 0 unspecified atom stereocenters. The van der Waals surface area contributed by atoms with E-state index < -0.39 is 0 Å². The van der Waals surface area contributed by atoms with Gasteiger partial charge in [0.15, 0.2) is 0 Å². The van der Waals surface area contributed by atoms with E-state index in [2.05, 4.69) is 54.3 Å². The van der Waals surface area contributed by atoms with Gasteiger partial charge in [0.1, 0.15) is 18.0 Å². The van der Waals surface area contributed by atoms with Crippen LogP contribution in [-0.4, -0.2) is 51.9 Å². The second-order valence-electron chi connectivity index (χ2n) is 6.71. The first-order chi connectivity index (χ1) is 13.8. The lowest BCUT2D eigenvalue weighted by molar-refractivity contribution is 0.102. The molecule has 1 fully saturated rings. The van der Waals surface area contributed by atoms with Crippen LogP contribution in [0.5, 0.6) is 0 Å². The number of piperazine rings is 1. The van der Waals surface area contributed by atoms with Crippen molar-refractivity contribution in [2.45, 2.75) is 6.54 Å². The van der Waals surface area contributed by atoms with Crippen LogP contribution >= 0.6 is 0 Å². The first-order valence-corrected chi connectivity index (χ1v) is 9.32.